The van der Waals surface area contributed by atoms with E-state index < -0.39 is 3.23 Å². The standard InChI is InChI=1S/C16H27Br3O/c17-14-12-10-8-6-4-2-1-3-5-7-9-11-13-16(18,19)15(14)20/h14H,1-13H2. The Balaban J connectivity index is 2.45. The maximum Gasteiger partial charge on any atom is 0.173 e. The van der Waals surface area contributed by atoms with Crippen molar-refractivity contribution in [3.63, 3.8) is 0 Å². The van der Waals surface area contributed by atoms with E-state index in [4.69, 9.17) is 0 Å². The van der Waals surface area contributed by atoms with Gasteiger partial charge in [-0.3, -0.25) is 4.79 Å². The van der Waals surface area contributed by atoms with Crippen LogP contribution in [-0.2, 0) is 4.79 Å². The molecule has 1 unspecified atom stereocenters. The maximum absolute atomic E-state index is 12.4. The second kappa shape index (κ2) is 10.8. The molecule has 0 bridgehead atoms. The molecule has 0 aromatic heterocycles. The third kappa shape index (κ3) is 7.93. The van der Waals surface area contributed by atoms with Crippen LogP contribution in [0.1, 0.15) is 83.5 Å². The maximum atomic E-state index is 12.4. The summed E-state index contributed by atoms with van der Waals surface area (Å²) in [5.74, 6) is 0.254. The number of hydrogen-bond donors (Lipinski definition) is 0. The minimum Gasteiger partial charge on any atom is -0.296 e. The number of hydrogen-bond acceptors (Lipinski definition) is 1. The zero-order chi connectivity index (χ0) is 14.8. The summed E-state index contributed by atoms with van der Waals surface area (Å²) < 4.78 is -0.523. The van der Waals surface area contributed by atoms with Crippen LogP contribution in [-0.4, -0.2) is 13.8 Å². The highest BCUT2D eigenvalue weighted by Crippen LogP contribution is 2.37. The molecule has 1 saturated carbocycles. The molecule has 0 radical (unpaired) electrons. The molecule has 1 aliphatic carbocycles. The zero-order valence-corrected chi connectivity index (χ0v) is 17.1. The normalized spacial score (nSPS) is 28.1. The van der Waals surface area contributed by atoms with E-state index >= 15 is 0 Å². The lowest BCUT2D eigenvalue weighted by atomic mass is 10.0. The first-order chi connectivity index (χ1) is 9.54. The SMILES string of the molecule is O=C1C(Br)CCCCCCCCCCCCCC1(Br)Br. The average Bonchev–Trinajstić information content (AvgIpc) is 2.41. The van der Waals surface area contributed by atoms with Crippen molar-refractivity contribution in [2.24, 2.45) is 0 Å². The van der Waals surface area contributed by atoms with Gasteiger partial charge in [-0.2, -0.15) is 0 Å². The Hall–Kier alpha value is 1.11. The highest BCUT2D eigenvalue weighted by Gasteiger charge is 2.35. The Morgan fingerprint density at radius 3 is 1.65 bits per heavy atom. The fraction of sp³-hybridized carbons (Fsp3) is 0.938. The second-order valence-electron chi connectivity index (χ2n) is 5.96. The van der Waals surface area contributed by atoms with Crippen molar-refractivity contribution in [1.82, 2.24) is 0 Å². The van der Waals surface area contributed by atoms with Crippen molar-refractivity contribution >= 4 is 53.6 Å². The van der Waals surface area contributed by atoms with Gasteiger partial charge in [0.15, 0.2) is 5.78 Å². The van der Waals surface area contributed by atoms with E-state index in [1.165, 1.54) is 57.8 Å². The van der Waals surface area contributed by atoms with Gasteiger partial charge in [0.2, 0.25) is 0 Å². The van der Waals surface area contributed by atoms with Gasteiger partial charge in [-0.25, -0.2) is 0 Å². The summed E-state index contributed by atoms with van der Waals surface area (Å²) in [5.41, 5.74) is 0. The first-order valence-corrected chi connectivity index (χ1v) is 10.6. The molecule has 4 heteroatoms. The smallest absolute Gasteiger partial charge is 0.173 e. The van der Waals surface area contributed by atoms with Crippen LogP contribution < -0.4 is 0 Å². The number of ketones is 1. The molecule has 0 amide bonds. The van der Waals surface area contributed by atoms with Crippen molar-refractivity contribution in [3.05, 3.63) is 0 Å². The van der Waals surface area contributed by atoms with Crippen LogP contribution in [0, 0.1) is 0 Å². The van der Waals surface area contributed by atoms with Gasteiger partial charge in [-0.1, -0.05) is 118 Å². The Bertz CT molecular complexity index is 279. The second-order valence-corrected chi connectivity index (χ2v) is 10.8. The Morgan fingerprint density at radius 1 is 0.750 bits per heavy atom. The third-order valence-corrected chi connectivity index (χ3v) is 6.54. The molecule has 0 aromatic carbocycles. The van der Waals surface area contributed by atoms with Crippen LogP contribution in [0.2, 0.25) is 0 Å². The molecule has 1 aliphatic rings. The van der Waals surface area contributed by atoms with Crippen molar-refractivity contribution in [3.8, 4) is 0 Å². The summed E-state index contributed by atoms with van der Waals surface area (Å²) in [6.07, 6.45) is 16.1. The van der Waals surface area contributed by atoms with Gasteiger partial charge in [-0.05, 0) is 12.8 Å². The van der Waals surface area contributed by atoms with Gasteiger partial charge in [0.05, 0.1) is 4.83 Å². The average molecular weight is 475 g/mol. The molecule has 1 atom stereocenters. The molecule has 0 aromatic rings. The Labute approximate surface area is 149 Å². The minimum atomic E-state index is -0.523. The molecule has 1 fully saturated rings. The van der Waals surface area contributed by atoms with Crippen LogP contribution in [0.25, 0.3) is 0 Å². The minimum absolute atomic E-state index is 0.0193. The lowest BCUT2D eigenvalue weighted by Gasteiger charge is -2.22. The van der Waals surface area contributed by atoms with E-state index in [9.17, 15) is 4.79 Å². The van der Waals surface area contributed by atoms with Crippen LogP contribution in [0.5, 0.6) is 0 Å². The first-order valence-electron chi connectivity index (χ1n) is 8.10. The van der Waals surface area contributed by atoms with Crippen molar-refractivity contribution in [1.29, 1.82) is 0 Å². The van der Waals surface area contributed by atoms with Gasteiger partial charge in [0.25, 0.3) is 0 Å². The lowest BCUT2D eigenvalue weighted by molar-refractivity contribution is -0.118. The van der Waals surface area contributed by atoms with Crippen molar-refractivity contribution in [2.75, 3.05) is 0 Å². The summed E-state index contributed by atoms with van der Waals surface area (Å²) in [6.45, 7) is 0. The quantitative estimate of drug-likeness (QED) is 0.349. The summed E-state index contributed by atoms with van der Waals surface area (Å²) in [7, 11) is 0. The molecular weight excluding hydrogens is 448 g/mol. The fourth-order valence-corrected chi connectivity index (χ4v) is 5.19. The van der Waals surface area contributed by atoms with E-state index in [0.717, 1.165) is 25.7 Å². The van der Waals surface area contributed by atoms with Crippen LogP contribution in [0.3, 0.4) is 0 Å². The fourth-order valence-electron chi connectivity index (χ4n) is 2.74. The monoisotopic (exact) mass is 472 g/mol. The van der Waals surface area contributed by atoms with Gasteiger partial charge < -0.3 is 0 Å². The van der Waals surface area contributed by atoms with Gasteiger partial charge in [0.1, 0.15) is 3.23 Å². The summed E-state index contributed by atoms with van der Waals surface area (Å²) in [6, 6.07) is 0. The largest absolute Gasteiger partial charge is 0.296 e. The Morgan fingerprint density at radius 2 is 1.15 bits per heavy atom. The highest BCUT2D eigenvalue weighted by molar-refractivity contribution is 9.26. The number of rotatable bonds is 0. The molecule has 0 spiro atoms. The number of alkyl halides is 3. The number of carbonyl (C=O) groups excluding carboxylic acids is 1. The summed E-state index contributed by atoms with van der Waals surface area (Å²) in [4.78, 5) is 12.4. The lowest BCUT2D eigenvalue weighted by Crippen LogP contribution is -2.32. The molecule has 1 nitrogen and oxygen atoms in total. The molecule has 0 N–H and O–H groups in total. The van der Waals surface area contributed by atoms with Gasteiger partial charge in [0, 0.05) is 0 Å². The van der Waals surface area contributed by atoms with E-state index in [0.29, 0.717) is 0 Å². The molecule has 0 aliphatic heterocycles. The highest BCUT2D eigenvalue weighted by atomic mass is 79.9. The van der Waals surface area contributed by atoms with E-state index in [1.54, 1.807) is 0 Å². The van der Waals surface area contributed by atoms with E-state index in [-0.39, 0.29) is 10.6 Å². The van der Waals surface area contributed by atoms with E-state index in [2.05, 4.69) is 47.8 Å². The Kier molecular flexibility index (Phi) is 10.3. The summed E-state index contributed by atoms with van der Waals surface area (Å²) in [5, 5.41) is 0. The zero-order valence-electron chi connectivity index (χ0n) is 12.3. The topological polar surface area (TPSA) is 17.1 Å². The number of Topliss-reactive ketones (excluding diaryl/α,β-unsaturated/α-hetero) is 1. The first kappa shape index (κ1) is 19.2. The van der Waals surface area contributed by atoms with Gasteiger partial charge >= 0.3 is 0 Å². The van der Waals surface area contributed by atoms with Crippen molar-refractivity contribution in [2.45, 2.75) is 91.5 Å². The van der Waals surface area contributed by atoms with E-state index in [1.807, 2.05) is 0 Å². The predicted octanol–water partition coefficient (Wildman–Crippen LogP) is 6.89. The molecule has 0 saturated heterocycles. The summed E-state index contributed by atoms with van der Waals surface area (Å²) >= 11 is 10.7. The molecule has 1 rings (SSSR count). The van der Waals surface area contributed by atoms with Crippen LogP contribution in [0.15, 0.2) is 0 Å². The third-order valence-electron chi connectivity index (χ3n) is 4.09. The van der Waals surface area contributed by atoms with Crippen LogP contribution in [0.4, 0.5) is 0 Å². The van der Waals surface area contributed by atoms with Crippen molar-refractivity contribution < 1.29 is 4.79 Å². The molecule has 20 heavy (non-hydrogen) atoms. The molecule has 0 heterocycles. The number of halogens is 3. The van der Waals surface area contributed by atoms with Gasteiger partial charge in [-0.15, -0.1) is 0 Å². The predicted molar refractivity (Wildman–Crippen MR) is 98.3 cm³/mol. The molecular formula is C16H27Br3O. The number of carbonyl (C=O) groups is 1. The molecule has 118 valence electrons. The van der Waals surface area contributed by atoms with Crippen LogP contribution >= 0.6 is 47.8 Å².